The molecule has 7 nitrogen and oxygen atoms in total. The van der Waals surface area contributed by atoms with Gasteiger partial charge in [0.1, 0.15) is 5.75 Å². The summed E-state index contributed by atoms with van der Waals surface area (Å²) in [4.78, 5) is 27.5. The summed E-state index contributed by atoms with van der Waals surface area (Å²) in [5.74, 6) is -1.34. The highest BCUT2D eigenvalue weighted by atomic mass is 79.9. The molecule has 0 radical (unpaired) electrons. The second-order valence-corrected chi connectivity index (χ2v) is 7.18. The van der Waals surface area contributed by atoms with Gasteiger partial charge in [0, 0.05) is 29.0 Å². The van der Waals surface area contributed by atoms with Gasteiger partial charge in [-0.1, -0.05) is 12.1 Å². The van der Waals surface area contributed by atoms with Crippen LogP contribution in [0.15, 0.2) is 64.1 Å². The zero-order valence-corrected chi connectivity index (χ0v) is 17.3. The maximum Gasteiger partial charge on any atom is 0.573 e. The maximum atomic E-state index is 12.8. The Labute approximate surface area is 182 Å². The Morgan fingerprint density at radius 1 is 1.19 bits per heavy atom. The highest BCUT2D eigenvalue weighted by Crippen LogP contribution is 2.31. The SMILES string of the molecule is O=C(O)CCc1ccc(-n2ccnc(Nc3ccc(OC(F)(F)F)cc3Br)c2=O)cc1. The van der Waals surface area contributed by atoms with Gasteiger partial charge in [-0.3, -0.25) is 14.2 Å². The van der Waals surface area contributed by atoms with E-state index >= 15 is 0 Å². The summed E-state index contributed by atoms with van der Waals surface area (Å²) in [7, 11) is 0. The molecule has 0 atom stereocenters. The minimum atomic E-state index is -4.81. The predicted octanol–water partition coefficient (Wildman–Crippen LogP) is 4.65. The largest absolute Gasteiger partial charge is 0.573 e. The Hall–Kier alpha value is -3.34. The zero-order chi connectivity index (χ0) is 22.6. The first-order valence-corrected chi connectivity index (χ1v) is 9.63. The third-order valence-corrected chi connectivity index (χ3v) is 4.77. The van der Waals surface area contributed by atoms with Crippen molar-refractivity contribution in [1.82, 2.24) is 9.55 Å². The molecule has 1 aromatic heterocycles. The van der Waals surface area contributed by atoms with E-state index in [0.29, 0.717) is 17.8 Å². The van der Waals surface area contributed by atoms with Gasteiger partial charge >= 0.3 is 12.3 Å². The summed E-state index contributed by atoms with van der Waals surface area (Å²) < 4.78 is 42.5. The van der Waals surface area contributed by atoms with Crippen molar-refractivity contribution in [1.29, 1.82) is 0 Å². The summed E-state index contributed by atoms with van der Waals surface area (Å²) in [5, 5.41) is 11.6. The summed E-state index contributed by atoms with van der Waals surface area (Å²) in [5.41, 5.74) is 1.20. The van der Waals surface area contributed by atoms with E-state index in [4.69, 9.17) is 5.11 Å². The number of hydrogen-bond donors (Lipinski definition) is 2. The molecule has 0 saturated carbocycles. The molecule has 0 aliphatic rings. The number of halogens is 4. The van der Waals surface area contributed by atoms with Crippen molar-refractivity contribution in [3.8, 4) is 11.4 Å². The first-order chi connectivity index (χ1) is 14.6. The molecule has 0 saturated heterocycles. The molecule has 11 heteroatoms. The highest BCUT2D eigenvalue weighted by molar-refractivity contribution is 9.10. The molecule has 0 aliphatic carbocycles. The summed E-state index contributed by atoms with van der Waals surface area (Å²) in [6.45, 7) is 0. The molecule has 1 heterocycles. The molecule has 0 fully saturated rings. The summed E-state index contributed by atoms with van der Waals surface area (Å²) in [6.07, 6.45) is -1.57. The fourth-order valence-electron chi connectivity index (χ4n) is 2.70. The summed E-state index contributed by atoms with van der Waals surface area (Å²) in [6, 6.07) is 10.4. The van der Waals surface area contributed by atoms with Crippen LogP contribution in [0.2, 0.25) is 0 Å². The van der Waals surface area contributed by atoms with Gasteiger partial charge in [0.25, 0.3) is 5.56 Å². The maximum absolute atomic E-state index is 12.8. The number of alkyl halides is 3. The second-order valence-electron chi connectivity index (χ2n) is 6.33. The van der Waals surface area contributed by atoms with E-state index in [0.717, 1.165) is 17.7 Å². The van der Waals surface area contributed by atoms with Crippen LogP contribution >= 0.6 is 15.9 Å². The first kappa shape index (κ1) is 22.3. The number of ether oxygens (including phenoxy) is 1. The molecule has 3 rings (SSSR count). The van der Waals surface area contributed by atoms with Crippen molar-refractivity contribution >= 4 is 33.4 Å². The summed E-state index contributed by atoms with van der Waals surface area (Å²) >= 11 is 3.14. The van der Waals surface area contributed by atoms with Gasteiger partial charge in [-0.25, -0.2) is 4.98 Å². The van der Waals surface area contributed by atoms with Gasteiger partial charge in [0.05, 0.1) is 5.69 Å². The van der Waals surface area contributed by atoms with E-state index in [1.165, 1.54) is 23.0 Å². The Morgan fingerprint density at radius 3 is 2.52 bits per heavy atom. The standard InChI is InChI=1S/C20H15BrF3N3O4/c21-15-11-14(31-20(22,23)24)6-7-16(15)26-18-19(30)27(10-9-25-18)13-4-1-12(2-5-13)3-8-17(28)29/h1-2,4-7,9-11H,3,8H2,(H,25,26)(H,28,29). The third-order valence-electron chi connectivity index (χ3n) is 4.11. The van der Waals surface area contributed by atoms with Crippen LogP contribution < -0.4 is 15.6 Å². The van der Waals surface area contributed by atoms with E-state index in [-0.39, 0.29) is 16.7 Å². The van der Waals surface area contributed by atoms with Gasteiger partial charge in [-0.15, -0.1) is 13.2 Å². The minimum Gasteiger partial charge on any atom is -0.481 e. The number of nitrogens with zero attached hydrogens (tertiary/aromatic N) is 2. The molecule has 0 amide bonds. The van der Waals surface area contributed by atoms with Gasteiger partial charge in [0.15, 0.2) is 5.82 Å². The monoisotopic (exact) mass is 497 g/mol. The van der Waals surface area contributed by atoms with E-state index in [1.54, 1.807) is 24.3 Å². The molecule has 3 aromatic rings. The number of rotatable bonds is 7. The fraction of sp³-hybridized carbons (Fsp3) is 0.150. The molecule has 0 aliphatic heterocycles. The fourth-order valence-corrected chi connectivity index (χ4v) is 3.15. The van der Waals surface area contributed by atoms with Crippen LogP contribution in [0.5, 0.6) is 5.75 Å². The van der Waals surface area contributed by atoms with Crippen molar-refractivity contribution in [3.63, 3.8) is 0 Å². The number of benzene rings is 2. The van der Waals surface area contributed by atoms with Gasteiger partial charge in [0.2, 0.25) is 0 Å². The van der Waals surface area contributed by atoms with Crippen LogP contribution in [0, 0.1) is 0 Å². The van der Waals surface area contributed by atoms with E-state index in [9.17, 15) is 22.8 Å². The van der Waals surface area contributed by atoms with Crippen LogP contribution in [-0.2, 0) is 11.2 Å². The quantitative estimate of drug-likeness (QED) is 0.493. The topological polar surface area (TPSA) is 93.4 Å². The average Bonchev–Trinajstić information content (AvgIpc) is 2.69. The smallest absolute Gasteiger partial charge is 0.481 e. The van der Waals surface area contributed by atoms with E-state index in [2.05, 4.69) is 31.0 Å². The van der Waals surface area contributed by atoms with Crippen molar-refractivity contribution in [2.45, 2.75) is 19.2 Å². The molecular weight excluding hydrogens is 483 g/mol. The van der Waals surface area contributed by atoms with E-state index < -0.39 is 23.6 Å². The number of carboxylic acid groups (broad SMARTS) is 1. The Balaban J connectivity index is 1.81. The second kappa shape index (κ2) is 9.21. The molecule has 0 unspecified atom stereocenters. The highest BCUT2D eigenvalue weighted by Gasteiger charge is 2.31. The number of hydrogen-bond acceptors (Lipinski definition) is 5. The Kier molecular flexibility index (Phi) is 6.64. The van der Waals surface area contributed by atoms with Crippen LogP contribution in [-0.4, -0.2) is 27.0 Å². The van der Waals surface area contributed by atoms with Crippen molar-refractivity contribution in [2.24, 2.45) is 0 Å². The number of carboxylic acids is 1. The number of nitrogens with one attached hydrogen (secondary N) is 1. The normalized spacial score (nSPS) is 11.2. The Morgan fingerprint density at radius 2 is 1.90 bits per heavy atom. The number of aryl methyl sites for hydroxylation is 1. The van der Waals surface area contributed by atoms with Crippen molar-refractivity contribution < 1.29 is 27.8 Å². The molecule has 0 bridgehead atoms. The van der Waals surface area contributed by atoms with Crippen molar-refractivity contribution in [2.75, 3.05) is 5.32 Å². The first-order valence-electron chi connectivity index (χ1n) is 8.83. The molecule has 31 heavy (non-hydrogen) atoms. The predicted molar refractivity (Wildman–Crippen MR) is 110 cm³/mol. The van der Waals surface area contributed by atoms with Crippen LogP contribution in [0.4, 0.5) is 24.7 Å². The lowest BCUT2D eigenvalue weighted by Gasteiger charge is -2.13. The van der Waals surface area contributed by atoms with Crippen molar-refractivity contribution in [3.05, 3.63) is 75.2 Å². The molecule has 0 spiro atoms. The number of aliphatic carboxylic acids is 1. The van der Waals surface area contributed by atoms with Gasteiger partial charge < -0.3 is 15.2 Å². The lowest BCUT2D eigenvalue weighted by Crippen LogP contribution is -2.22. The molecule has 2 N–H and O–H groups in total. The van der Waals surface area contributed by atoms with Crippen LogP contribution in [0.25, 0.3) is 5.69 Å². The van der Waals surface area contributed by atoms with Crippen LogP contribution in [0.3, 0.4) is 0 Å². The van der Waals surface area contributed by atoms with Gasteiger partial charge in [-0.05, 0) is 58.2 Å². The van der Waals surface area contributed by atoms with Gasteiger partial charge in [-0.2, -0.15) is 0 Å². The lowest BCUT2D eigenvalue weighted by molar-refractivity contribution is -0.274. The Bertz CT molecular complexity index is 1150. The number of anilines is 2. The molecule has 2 aromatic carbocycles. The molecular formula is C20H15BrF3N3O4. The van der Waals surface area contributed by atoms with E-state index in [1.807, 2.05) is 0 Å². The number of aromatic nitrogens is 2. The minimum absolute atomic E-state index is 0.00426. The third kappa shape index (κ3) is 6.07. The molecule has 162 valence electrons. The average molecular weight is 498 g/mol. The zero-order valence-electron chi connectivity index (χ0n) is 15.7. The number of carbonyl (C=O) groups is 1. The van der Waals surface area contributed by atoms with Crippen LogP contribution in [0.1, 0.15) is 12.0 Å². The lowest BCUT2D eigenvalue weighted by atomic mass is 10.1.